The number of allylic oxidation sites excluding steroid dienone is 2. The van der Waals surface area contributed by atoms with Crippen LogP contribution in [0.25, 0.3) is 0 Å². The standard InChI is InChI=1S/C32H42N2O5/c1-3-5-8-18-28(21-25-14-9-6-10-15-25)32(38)39-20-19-33-31(37)27(13-4-2)23-30(36)34-29(24-35)22-26-16-11-7-12-17-26/h3-4,6-7,9-12,14-17,27-29,35H,1-2,5,8,13,18-24H2,(H,33,37)(H,34,36)/t27-,28-,29-/m1/s1. The number of rotatable bonds is 19. The van der Waals surface area contributed by atoms with E-state index in [1.54, 1.807) is 6.08 Å². The van der Waals surface area contributed by atoms with E-state index in [1.165, 1.54) is 0 Å². The zero-order valence-corrected chi connectivity index (χ0v) is 22.7. The zero-order chi connectivity index (χ0) is 28.3. The van der Waals surface area contributed by atoms with Gasteiger partial charge in [0.15, 0.2) is 0 Å². The molecule has 0 saturated carbocycles. The summed E-state index contributed by atoms with van der Waals surface area (Å²) in [6.07, 6.45) is 7.19. The molecule has 0 aliphatic carbocycles. The normalized spacial score (nSPS) is 12.9. The van der Waals surface area contributed by atoms with Crippen molar-refractivity contribution in [3.8, 4) is 0 Å². The molecule has 0 spiro atoms. The molecule has 2 aromatic carbocycles. The highest BCUT2D eigenvalue weighted by Gasteiger charge is 2.23. The summed E-state index contributed by atoms with van der Waals surface area (Å²) in [7, 11) is 0. The lowest BCUT2D eigenvalue weighted by Crippen LogP contribution is -2.42. The molecular weight excluding hydrogens is 492 g/mol. The lowest BCUT2D eigenvalue weighted by atomic mass is 9.94. The number of aliphatic hydroxyl groups is 1. The minimum absolute atomic E-state index is 0.0363. The van der Waals surface area contributed by atoms with Crippen LogP contribution in [0.3, 0.4) is 0 Å². The third-order valence-electron chi connectivity index (χ3n) is 6.43. The van der Waals surface area contributed by atoms with E-state index < -0.39 is 12.0 Å². The SMILES string of the molecule is C=CCCC[C@H](Cc1ccccc1)C(=O)OCCNC(=O)[C@H](CC=C)CC(=O)N[C@@H](CO)Cc1ccccc1. The van der Waals surface area contributed by atoms with Gasteiger partial charge < -0.3 is 20.5 Å². The molecular formula is C32H42N2O5. The average molecular weight is 535 g/mol. The molecule has 3 N–H and O–H groups in total. The minimum Gasteiger partial charge on any atom is -0.464 e. The van der Waals surface area contributed by atoms with Crippen LogP contribution in [-0.4, -0.2) is 48.7 Å². The molecule has 0 fully saturated rings. The van der Waals surface area contributed by atoms with Crippen LogP contribution in [0.15, 0.2) is 86.0 Å². The molecule has 39 heavy (non-hydrogen) atoms. The summed E-state index contributed by atoms with van der Waals surface area (Å²) in [5.41, 5.74) is 2.07. The minimum atomic E-state index is -0.612. The molecule has 0 aromatic heterocycles. The van der Waals surface area contributed by atoms with Crippen molar-refractivity contribution >= 4 is 17.8 Å². The van der Waals surface area contributed by atoms with E-state index in [1.807, 2.05) is 66.7 Å². The number of hydrogen-bond donors (Lipinski definition) is 3. The van der Waals surface area contributed by atoms with Gasteiger partial charge in [-0.1, -0.05) is 72.8 Å². The number of carbonyl (C=O) groups excluding carboxylic acids is 3. The second-order valence-electron chi connectivity index (χ2n) is 9.63. The van der Waals surface area contributed by atoms with E-state index in [0.29, 0.717) is 25.7 Å². The third kappa shape index (κ3) is 12.6. The van der Waals surface area contributed by atoms with Gasteiger partial charge in [-0.3, -0.25) is 14.4 Å². The Morgan fingerprint density at radius 2 is 1.54 bits per heavy atom. The van der Waals surface area contributed by atoms with Gasteiger partial charge in [-0.15, -0.1) is 13.2 Å². The summed E-state index contributed by atoms with van der Waals surface area (Å²) in [5.74, 6) is -1.79. The van der Waals surface area contributed by atoms with Crippen molar-refractivity contribution in [2.45, 2.75) is 51.0 Å². The molecule has 210 valence electrons. The maximum absolute atomic E-state index is 12.8. The molecule has 7 heteroatoms. The van der Waals surface area contributed by atoms with Gasteiger partial charge in [0, 0.05) is 6.42 Å². The number of hydrogen-bond acceptors (Lipinski definition) is 5. The number of aliphatic hydroxyl groups excluding tert-OH is 1. The Kier molecular flexibility index (Phi) is 15.0. The number of carbonyl (C=O) groups is 3. The first-order valence-electron chi connectivity index (χ1n) is 13.6. The molecule has 0 aliphatic heterocycles. The Bertz CT molecular complexity index is 1030. The van der Waals surface area contributed by atoms with Crippen molar-refractivity contribution in [1.82, 2.24) is 10.6 Å². The average Bonchev–Trinajstić information content (AvgIpc) is 2.95. The molecule has 3 atom stereocenters. The molecule has 0 radical (unpaired) electrons. The topological polar surface area (TPSA) is 105 Å². The largest absolute Gasteiger partial charge is 0.464 e. The van der Waals surface area contributed by atoms with E-state index in [0.717, 1.165) is 24.0 Å². The van der Waals surface area contributed by atoms with Gasteiger partial charge in [0.25, 0.3) is 0 Å². The third-order valence-corrected chi connectivity index (χ3v) is 6.43. The summed E-state index contributed by atoms with van der Waals surface area (Å²) < 4.78 is 5.50. The quantitative estimate of drug-likeness (QED) is 0.143. The molecule has 2 amide bonds. The van der Waals surface area contributed by atoms with Crippen LogP contribution in [0.4, 0.5) is 0 Å². The molecule has 2 aromatic rings. The van der Waals surface area contributed by atoms with Crippen molar-refractivity contribution in [3.05, 3.63) is 97.1 Å². The molecule has 0 bridgehead atoms. The van der Waals surface area contributed by atoms with Crippen molar-refractivity contribution in [1.29, 1.82) is 0 Å². The van der Waals surface area contributed by atoms with Crippen LogP contribution in [0.1, 0.15) is 43.2 Å². The van der Waals surface area contributed by atoms with Gasteiger partial charge in [0.2, 0.25) is 11.8 Å². The fourth-order valence-electron chi connectivity index (χ4n) is 4.35. The van der Waals surface area contributed by atoms with E-state index in [4.69, 9.17) is 4.74 Å². The Morgan fingerprint density at radius 1 is 0.897 bits per heavy atom. The Hall–Kier alpha value is -3.71. The summed E-state index contributed by atoms with van der Waals surface area (Å²) in [4.78, 5) is 38.2. The van der Waals surface area contributed by atoms with Crippen molar-refractivity contribution < 1.29 is 24.2 Å². The summed E-state index contributed by atoms with van der Waals surface area (Å²) in [5, 5.41) is 15.3. The number of esters is 1. The second-order valence-corrected chi connectivity index (χ2v) is 9.63. The van der Waals surface area contributed by atoms with Crippen LogP contribution in [0.2, 0.25) is 0 Å². The van der Waals surface area contributed by atoms with E-state index >= 15 is 0 Å². The molecule has 0 saturated heterocycles. The van der Waals surface area contributed by atoms with Crippen LogP contribution in [0.5, 0.6) is 0 Å². The molecule has 2 rings (SSSR count). The number of ether oxygens (including phenoxy) is 1. The van der Waals surface area contributed by atoms with E-state index in [2.05, 4.69) is 23.8 Å². The zero-order valence-electron chi connectivity index (χ0n) is 22.7. The smallest absolute Gasteiger partial charge is 0.309 e. The number of nitrogens with one attached hydrogen (secondary N) is 2. The summed E-state index contributed by atoms with van der Waals surface area (Å²) in [6, 6.07) is 19.0. The summed E-state index contributed by atoms with van der Waals surface area (Å²) >= 11 is 0. The first-order valence-corrected chi connectivity index (χ1v) is 13.6. The highest BCUT2D eigenvalue weighted by Crippen LogP contribution is 2.17. The molecule has 0 heterocycles. The number of unbranched alkanes of at least 4 members (excludes halogenated alkanes) is 1. The van der Waals surface area contributed by atoms with Gasteiger partial charge >= 0.3 is 5.97 Å². The van der Waals surface area contributed by atoms with Crippen LogP contribution in [-0.2, 0) is 32.0 Å². The predicted octanol–water partition coefficient (Wildman–Crippen LogP) is 4.16. The fourth-order valence-corrected chi connectivity index (χ4v) is 4.35. The van der Waals surface area contributed by atoms with Crippen LogP contribution < -0.4 is 10.6 Å². The second kappa shape index (κ2) is 18.5. The lowest BCUT2D eigenvalue weighted by Gasteiger charge is -2.20. The first-order chi connectivity index (χ1) is 19.0. The lowest BCUT2D eigenvalue weighted by molar-refractivity contribution is -0.149. The first kappa shape index (κ1) is 31.5. The fraction of sp³-hybridized carbons (Fsp3) is 0.406. The van der Waals surface area contributed by atoms with Gasteiger partial charge in [0.05, 0.1) is 31.0 Å². The van der Waals surface area contributed by atoms with Crippen molar-refractivity contribution in [2.75, 3.05) is 19.8 Å². The molecule has 0 aliphatic rings. The van der Waals surface area contributed by atoms with Gasteiger partial charge in [-0.25, -0.2) is 0 Å². The van der Waals surface area contributed by atoms with E-state index in [-0.39, 0.29) is 49.9 Å². The number of amides is 2. The maximum Gasteiger partial charge on any atom is 0.309 e. The maximum atomic E-state index is 12.8. The van der Waals surface area contributed by atoms with Gasteiger partial charge in [0.1, 0.15) is 6.61 Å². The monoisotopic (exact) mass is 534 g/mol. The molecule has 7 nitrogen and oxygen atoms in total. The van der Waals surface area contributed by atoms with Crippen molar-refractivity contribution in [2.24, 2.45) is 11.8 Å². The van der Waals surface area contributed by atoms with Crippen LogP contribution >= 0.6 is 0 Å². The molecule has 0 unspecified atom stereocenters. The number of benzene rings is 2. The Morgan fingerprint density at radius 3 is 2.13 bits per heavy atom. The predicted molar refractivity (Wildman–Crippen MR) is 154 cm³/mol. The van der Waals surface area contributed by atoms with Crippen molar-refractivity contribution in [3.63, 3.8) is 0 Å². The van der Waals surface area contributed by atoms with Crippen LogP contribution in [0, 0.1) is 11.8 Å². The van der Waals surface area contributed by atoms with Gasteiger partial charge in [-0.05, 0) is 49.7 Å². The Balaban J connectivity index is 1.81. The Labute approximate surface area is 232 Å². The highest BCUT2D eigenvalue weighted by molar-refractivity contribution is 5.86. The highest BCUT2D eigenvalue weighted by atomic mass is 16.5. The van der Waals surface area contributed by atoms with E-state index in [9.17, 15) is 19.5 Å². The van der Waals surface area contributed by atoms with Gasteiger partial charge in [-0.2, -0.15) is 0 Å². The summed E-state index contributed by atoms with van der Waals surface area (Å²) in [6.45, 7) is 7.44.